The molecule has 2 rings (SSSR count). The van der Waals surface area contributed by atoms with E-state index in [1.54, 1.807) is 0 Å². The Morgan fingerprint density at radius 3 is 2.41 bits per heavy atom. The first kappa shape index (κ1) is 11.8. The number of rotatable bonds is 3. The quantitative estimate of drug-likeness (QED) is 0.809. The number of hydrogen-bond acceptors (Lipinski definition) is 2. The van der Waals surface area contributed by atoms with Crippen LogP contribution in [0, 0.1) is 19.8 Å². The van der Waals surface area contributed by atoms with Crippen LogP contribution in [0.25, 0.3) is 11.4 Å². The number of aromatic nitrogens is 3. The summed E-state index contributed by atoms with van der Waals surface area (Å²) in [7, 11) is 0. The minimum absolute atomic E-state index is 0.592. The Hall–Kier alpha value is -1.64. The van der Waals surface area contributed by atoms with E-state index in [4.69, 9.17) is 0 Å². The molecule has 2 aromatic rings. The summed E-state index contributed by atoms with van der Waals surface area (Å²) in [5.41, 5.74) is 3.72. The van der Waals surface area contributed by atoms with Crippen LogP contribution in [0.4, 0.5) is 0 Å². The molecule has 1 aromatic carbocycles. The molecule has 0 spiro atoms. The smallest absolute Gasteiger partial charge is 0.164 e. The molecule has 0 radical (unpaired) electrons. The van der Waals surface area contributed by atoms with Gasteiger partial charge in [-0.1, -0.05) is 32.0 Å². The standard InChI is InChI=1S/C14H19N3/c1-10(2)8-17-9-15-16-14(17)13-11(3)6-5-7-12(13)4/h5-7,9-10H,8H2,1-4H3. The lowest BCUT2D eigenvalue weighted by Crippen LogP contribution is -2.06. The molecule has 3 heteroatoms. The van der Waals surface area contributed by atoms with Crippen molar-refractivity contribution in [1.29, 1.82) is 0 Å². The largest absolute Gasteiger partial charge is 0.313 e. The van der Waals surface area contributed by atoms with Crippen molar-refractivity contribution in [3.05, 3.63) is 35.7 Å². The maximum atomic E-state index is 4.27. The van der Waals surface area contributed by atoms with E-state index in [1.165, 1.54) is 16.7 Å². The molecule has 0 bridgehead atoms. The molecule has 1 aromatic heterocycles. The van der Waals surface area contributed by atoms with Crippen LogP contribution >= 0.6 is 0 Å². The summed E-state index contributed by atoms with van der Waals surface area (Å²) < 4.78 is 2.14. The maximum Gasteiger partial charge on any atom is 0.164 e. The topological polar surface area (TPSA) is 30.7 Å². The Balaban J connectivity index is 2.50. The SMILES string of the molecule is Cc1cccc(C)c1-c1nncn1CC(C)C. The van der Waals surface area contributed by atoms with Gasteiger partial charge in [-0.3, -0.25) is 0 Å². The van der Waals surface area contributed by atoms with Crippen LogP contribution in [0.2, 0.25) is 0 Å². The second kappa shape index (κ2) is 4.70. The Bertz CT molecular complexity index is 492. The molecule has 17 heavy (non-hydrogen) atoms. The summed E-state index contributed by atoms with van der Waals surface area (Å²) in [4.78, 5) is 0. The summed E-state index contributed by atoms with van der Waals surface area (Å²) in [6, 6.07) is 6.32. The predicted octanol–water partition coefficient (Wildman–Crippen LogP) is 3.22. The van der Waals surface area contributed by atoms with Gasteiger partial charge < -0.3 is 4.57 Å². The van der Waals surface area contributed by atoms with Gasteiger partial charge in [-0.25, -0.2) is 0 Å². The molecule has 0 N–H and O–H groups in total. The molecular formula is C14H19N3. The molecule has 0 aliphatic carbocycles. The minimum atomic E-state index is 0.592. The third kappa shape index (κ3) is 2.38. The Labute approximate surface area is 103 Å². The zero-order valence-electron chi connectivity index (χ0n) is 10.9. The average Bonchev–Trinajstić information content (AvgIpc) is 2.65. The van der Waals surface area contributed by atoms with Gasteiger partial charge in [0, 0.05) is 12.1 Å². The Morgan fingerprint density at radius 2 is 1.82 bits per heavy atom. The Kier molecular flexibility index (Phi) is 3.27. The zero-order chi connectivity index (χ0) is 12.4. The molecule has 1 heterocycles. The summed E-state index contributed by atoms with van der Waals surface area (Å²) in [5.74, 6) is 1.57. The summed E-state index contributed by atoms with van der Waals surface area (Å²) in [5, 5.41) is 8.32. The fourth-order valence-electron chi connectivity index (χ4n) is 2.14. The van der Waals surface area contributed by atoms with E-state index >= 15 is 0 Å². The van der Waals surface area contributed by atoms with Crippen molar-refractivity contribution in [3.8, 4) is 11.4 Å². The van der Waals surface area contributed by atoms with Gasteiger partial charge >= 0.3 is 0 Å². The molecule has 90 valence electrons. The van der Waals surface area contributed by atoms with Crippen molar-refractivity contribution in [2.75, 3.05) is 0 Å². The number of benzene rings is 1. The minimum Gasteiger partial charge on any atom is -0.313 e. The predicted molar refractivity (Wildman–Crippen MR) is 69.8 cm³/mol. The van der Waals surface area contributed by atoms with Crippen molar-refractivity contribution in [3.63, 3.8) is 0 Å². The van der Waals surface area contributed by atoms with Crippen LogP contribution < -0.4 is 0 Å². The van der Waals surface area contributed by atoms with Gasteiger partial charge in [0.2, 0.25) is 0 Å². The van der Waals surface area contributed by atoms with Crippen LogP contribution in [0.5, 0.6) is 0 Å². The highest BCUT2D eigenvalue weighted by Crippen LogP contribution is 2.25. The molecule has 0 amide bonds. The fraction of sp³-hybridized carbons (Fsp3) is 0.429. The maximum absolute atomic E-state index is 4.27. The highest BCUT2D eigenvalue weighted by atomic mass is 15.3. The molecule has 0 fully saturated rings. The second-order valence-corrected chi connectivity index (χ2v) is 4.97. The van der Waals surface area contributed by atoms with Gasteiger partial charge in [0.05, 0.1) is 0 Å². The van der Waals surface area contributed by atoms with E-state index in [9.17, 15) is 0 Å². The van der Waals surface area contributed by atoms with Crippen LogP contribution in [-0.4, -0.2) is 14.8 Å². The molecule has 0 saturated carbocycles. The van der Waals surface area contributed by atoms with Gasteiger partial charge in [0.1, 0.15) is 6.33 Å². The fourth-order valence-corrected chi connectivity index (χ4v) is 2.14. The van der Waals surface area contributed by atoms with Crippen LogP contribution in [0.15, 0.2) is 24.5 Å². The number of aryl methyl sites for hydroxylation is 2. The summed E-state index contributed by atoms with van der Waals surface area (Å²) in [6.45, 7) is 9.60. The molecular weight excluding hydrogens is 210 g/mol. The first-order valence-corrected chi connectivity index (χ1v) is 6.04. The average molecular weight is 229 g/mol. The zero-order valence-corrected chi connectivity index (χ0v) is 10.9. The lowest BCUT2D eigenvalue weighted by Gasteiger charge is -2.12. The van der Waals surface area contributed by atoms with Crippen molar-refractivity contribution in [2.24, 2.45) is 5.92 Å². The lowest BCUT2D eigenvalue weighted by molar-refractivity contribution is 0.525. The van der Waals surface area contributed by atoms with Crippen molar-refractivity contribution >= 4 is 0 Å². The Morgan fingerprint density at radius 1 is 1.18 bits per heavy atom. The lowest BCUT2D eigenvalue weighted by atomic mass is 10.0. The number of hydrogen-bond donors (Lipinski definition) is 0. The van der Waals surface area contributed by atoms with Crippen molar-refractivity contribution < 1.29 is 0 Å². The van der Waals surface area contributed by atoms with Crippen molar-refractivity contribution in [1.82, 2.24) is 14.8 Å². The third-order valence-corrected chi connectivity index (χ3v) is 2.88. The third-order valence-electron chi connectivity index (χ3n) is 2.88. The molecule has 0 unspecified atom stereocenters. The molecule has 3 nitrogen and oxygen atoms in total. The van der Waals surface area contributed by atoms with E-state index in [2.05, 4.69) is 60.7 Å². The highest BCUT2D eigenvalue weighted by Gasteiger charge is 2.12. The van der Waals surface area contributed by atoms with E-state index in [-0.39, 0.29) is 0 Å². The van der Waals surface area contributed by atoms with Crippen LogP contribution in [-0.2, 0) is 6.54 Å². The summed E-state index contributed by atoms with van der Waals surface area (Å²) in [6.07, 6.45) is 1.82. The van der Waals surface area contributed by atoms with Gasteiger partial charge in [0.15, 0.2) is 5.82 Å². The molecule has 0 atom stereocenters. The monoisotopic (exact) mass is 229 g/mol. The number of nitrogens with zero attached hydrogens (tertiary/aromatic N) is 3. The van der Waals surface area contributed by atoms with Gasteiger partial charge in [-0.15, -0.1) is 10.2 Å². The normalized spacial score (nSPS) is 11.1. The first-order chi connectivity index (χ1) is 8.09. The van der Waals surface area contributed by atoms with Gasteiger partial charge in [0.25, 0.3) is 0 Å². The van der Waals surface area contributed by atoms with Crippen molar-refractivity contribution in [2.45, 2.75) is 34.2 Å². The van der Waals surface area contributed by atoms with Crippen LogP contribution in [0.3, 0.4) is 0 Å². The van der Waals surface area contributed by atoms with Gasteiger partial charge in [-0.2, -0.15) is 0 Å². The van der Waals surface area contributed by atoms with Gasteiger partial charge in [-0.05, 0) is 30.9 Å². The summed E-state index contributed by atoms with van der Waals surface area (Å²) >= 11 is 0. The van der Waals surface area contributed by atoms with E-state index in [0.29, 0.717) is 5.92 Å². The second-order valence-electron chi connectivity index (χ2n) is 4.97. The molecule has 0 aliphatic rings. The van der Waals surface area contributed by atoms with E-state index < -0.39 is 0 Å². The van der Waals surface area contributed by atoms with E-state index in [1.807, 2.05) is 6.33 Å². The molecule has 0 aliphatic heterocycles. The first-order valence-electron chi connectivity index (χ1n) is 6.04. The molecule has 0 saturated heterocycles. The van der Waals surface area contributed by atoms with E-state index in [0.717, 1.165) is 12.4 Å². The van der Waals surface area contributed by atoms with Crippen LogP contribution in [0.1, 0.15) is 25.0 Å². The highest BCUT2D eigenvalue weighted by molar-refractivity contribution is 5.64.